The molecule has 3 amide bonds. The average Bonchev–Trinajstić information content (AvgIpc) is 3.03. The maximum absolute atomic E-state index is 12.4. The lowest BCUT2D eigenvalue weighted by Crippen LogP contribution is -2.50. The molecule has 0 spiro atoms. The number of thioether (sulfide) groups is 1. The maximum Gasteiger partial charge on any atom is 0.312 e. The molecule has 4 N–H and O–H groups in total. The van der Waals surface area contributed by atoms with Gasteiger partial charge in [0.05, 0.1) is 0 Å². The summed E-state index contributed by atoms with van der Waals surface area (Å²) in [7, 11) is 0. The summed E-state index contributed by atoms with van der Waals surface area (Å²) < 4.78 is 10.7. The Morgan fingerprint density at radius 2 is 2.04 bits per heavy atom. The third kappa shape index (κ3) is 5.19. The molecule has 1 atom stereocenters. The van der Waals surface area contributed by atoms with Crippen molar-refractivity contribution in [3.8, 4) is 11.5 Å². The second-order valence-corrected chi connectivity index (χ2v) is 7.50. The van der Waals surface area contributed by atoms with E-state index in [1.807, 2.05) is 38.3 Å². The lowest BCUT2D eigenvalue weighted by Gasteiger charge is -2.27. The predicted octanol–water partition coefficient (Wildman–Crippen LogP) is 1.60. The van der Waals surface area contributed by atoms with Crippen molar-refractivity contribution in [1.29, 1.82) is 0 Å². The number of carbonyl (C=O) groups is 2. The fourth-order valence-electron chi connectivity index (χ4n) is 2.53. The van der Waals surface area contributed by atoms with E-state index in [1.165, 1.54) is 0 Å². The van der Waals surface area contributed by atoms with Gasteiger partial charge in [0.2, 0.25) is 12.7 Å². The minimum absolute atomic E-state index is 0.228. The van der Waals surface area contributed by atoms with Crippen molar-refractivity contribution >= 4 is 23.7 Å². The van der Waals surface area contributed by atoms with Crippen LogP contribution < -0.4 is 25.8 Å². The Labute approximate surface area is 152 Å². The van der Waals surface area contributed by atoms with Crippen molar-refractivity contribution < 1.29 is 19.1 Å². The Morgan fingerprint density at radius 1 is 1.32 bits per heavy atom. The first-order valence-electron chi connectivity index (χ1n) is 8.06. The van der Waals surface area contributed by atoms with Gasteiger partial charge in [0.1, 0.15) is 6.04 Å². The van der Waals surface area contributed by atoms with Gasteiger partial charge < -0.3 is 25.8 Å². The Hall–Kier alpha value is -2.09. The standard InChI is InChI=1S/C17H25N3O4S/c1-17(2,11-4-5-13-14(8-11)24-10-23-13)9-19-15(21)12(6-7-25-3)20-16(18)22/h4-5,8,12H,6-7,9-10H2,1-3H3,(H,19,21)(H3,18,20,22). The Balaban J connectivity index is 1.99. The number of benzene rings is 1. The molecule has 0 aromatic heterocycles. The zero-order valence-corrected chi connectivity index (χ0v) is 15.6. The van der Waals surface area contributed by atoms with Crippen LogP contribution in [0.3, 0.4) is 0 Å². The number of amides is 3. The summed E-state index contributed by atoms with van der Waals surface area (Å²) in [5.74, 6) is 1.96. The zero-order chi connectivity index (χ0) is 18.4. The van der Waals surface area contributed by atoms with Crippen molar-refractivity contribution in [2.75, 3.05) is 25.3 Å². The summed E-state index contributed by atoms with van der Waals surface area (Å²) in [5.41, 5.74) is 5.88. The highest BCUT2D eigenvalue weighted by atomic mass is 32.2. The number of fused-ring (bicyclic) bond motifs is 1. The Bertz CT molecular complexity index is 636. The SMILES string of the molecule is CSCCC(NC(N)=O)C(=O)NCC(C)(C)c1ccc2c(c1)OCO2. The number of nitrogens with one attached hydrogen (secondary N) is 2. The van der Waals surface area contributed by atoms with E-state index < -0.39 is 12.1 Å². The molecular formula is C17H25N3O4S. The molecule has 2 rings (SSSR count). The van der Waals surface area contributed by atoms with Crippen LogP contribution in [0.25, 0.3) is 0 Å². The number of ether oxygens (including phenoxy) is 2. The number of rotatable bonds is 8. The molecular weight excluding hydrogens is 342 g/mol. The Morgan fingerprint density at radius 3 is 2.72 bits per heavy atom. The van der Waals surface area contributed by atoms with Crippen LogP contribution in [0.5, 0.6) is 11.5 Å². The summed E-state index contributed by atoms with van der Waals surface area (Å²) in [6, 6.07) is 4.44. The molecule has 0 saturated carbocycles. The smallest absolute Gasteiger partial charge is 0.312 e. The number of hydrogen-bond acceptors (Lipinski definition) is 5. The number of carbonyl (C=O) groups excluding carboxylic acids is 2. The normalized spacial score (nSPS) is 14.0. The van der Waals surface area contributed by atoms with Crippen LogP contribution in [0.2, 0.25) is 0 Å². The van der Waals surface area contributed by atoms with Gasteiger partial charge in [0.25, 0.3) is 0 Å². The largest absolute Gasteiger partial charge is 0.454 e. The highest BCUT2D eigenvalue weighted by Gasteiger charge is 2.26. The van der Waals surface area contributed by atoms with E-state index in [1.54, 1.807) is 11.8 Å². The molecule has 1 aliphatic rings. The second kappa shape index (κ2) is 8.33. The minimum atomic E-state index is -0.698. The van der Waals surface area contributed by atoms with Gasteiger partial charge in [0.15, 0.2) is 11.5 Å². The summed E-state index contributed by atoms with van der Waals surface area (Å²) in [4.78, 5) is 23.5. The predicted molar refractivity (Wildman–Crippen MR) is 98.1 cm³/mol. The first-order chi connectivity index (χ1) is 11.8. The van der Waals surface area contributed by atoms with Crippen molar-refractivity contribution in [3.05, 3.63) is 23.8 Å². The van der Waals surface area contributed by atoms with Gasteiger partial charge in [-0.25, -0.2) is 4.79 Å². The van der Waals surface area contributed by atoms with Crippen LogP contribution in [-0.2, 0) is 10.2 Å². The van der Waals surface area contributed by atoms with E-state index in [0.29, 0.717) is 18.7 Å². The molecule has 7 nitrogen and oxygen atoms in total. The molecule has 0 saturated heterocycles. The van der Waals surface area contributed by atoms with Crippen LogP contribution in [0, 0.1) is 0 Å². The van der Waals surface area contributed by atoms with Crippen molar-refractivity contribution in [2.45, 2.75) is 31.7 Å². The third-order valence-electron chi connectivity index (χ3n) is 4.10. The van der Waals surface area contributed by atoms with Gasteiger partial charge in [-0.05, 0) is 36.1 Å². The molecule has 25 heavy (non-hydrogen) atoms. The number of urea groups is 1. The number of hydrogen-bond donors (Lipinski definition) is 3. The molecule has 0 radical (unpaired) electrons. The van der Waals surface area contributed by atoms with Crippen LogP contribution in [0.1, 0.15) is 25.8 Å². The first kappa shape index (κ1) is 19.2. The summed E-state index contributed by atoms with van der Waals surface area (Å²) >= 11 is 1.61. The van der Waals surface area contributed by atoms with E-state index in [0.717, 1.165) is 17.1 Å². The fourth-order valence-corrected chi connectivity index (χ4v) is 3.00. The minimum Gasteiger partial charge on any atom is -0.454 e. The maximum atomic E-state index is 12.4. The van der Waals surface area contributed by atoms with E-state index >= 15 is 0 Å². The first-order valence-corrected chi connectivity index (χ1v) is 9.45. The van der Waals surface area contributed by atoms with Crippen LogP contribution >= 0.6 is 11.8 Å². The molecule has 8 heteroatoms. The highest BCUT2D eigenvalue weighted by Crippen LogP contribution is 2.36. The highest BCUT2D eigenvalue weighted by molar-refractivity contribution is 7.98. The molecule has 1 heterocycles. The zero-order valence-electron chi connectivity index (χ0n) is 14.8. The van der Waals surface area contributed by atoms with Crippen molar-refractivity contribution in [1.82, 2.24) is 10.6 Å². The molecule has 1 unspecified atom stereocenters. The Kier molecular flexibility index (Phi) is 6.41. The number of primary amides is 1. The molecule has 0 bridgehead atoms. The average molecular weight is 367 g/mol. The van der Waals surface area contributed by atoms with Gasteiger partial charge in [0, 0.05) is 12.0 Å². The molecule has 1 aromatic rings. The van der Waals surface area contributed by atoms with Gasteiger partial charge in [-0.2, -0.15) is 11.8 Å². The van der Waals surface area contributed by atoms with E-state index in [2.05, 4.69) is 10.6 Å². The fraction of sp³-hybridized carbons (Fsp3) is 0.529. The second-order valence-electron chi connectivity index (χ2n) is 6.51. The topological polar surface area (TPSA) is 103 Å². The quantitative estimate of drug-likeness (QED) is 0.648. The van der Waals surface area contributed by atoms with Gasteiger partial charge in [-0.3, -0.25) is 4.79 Å². The molecule has 0 fully saturated rings. The van der Waals surface area contributed by atoms with Crippen LogP contribution in [0.15, 0.2) is 18.2 Å². The third-order valence-corrected chi connectivity index (χ3v) is 4.75. The van der Waals surface area contributed by atoms with E-state index in [-0.39, 0.29) is 18.1 Å². The van der Waals surface area contributed by atoms with E-state index in [9.17, 15) is 9.59 Å². The lowest BCUT2D eigenvalue weighted by atomic mass is 9.84. The molecule has 0 aliphatic carbocycles. The van der Waals surface area contributed by atoms with E-state index in [4.69, 9.17) is 15.2 Å². The molecule has 1 aliphatic heterocycles. The summed E-state index contributed by atoms with van der Waals surface area (Å²) in [6.07, 6.45) is 2.47. The monoisotopic (exact) mass is 367 g/mol. The van der Waals surface area contributed by atoms with Crippen molar-refractivity contribution in [2.24, 2.45) is 5.73 Å². The number of nitrogens with two attached hydrogens (primary N) is 1. The van der Waals surface area contributed by atoms with Crippen LogP contribution in [0.4, 0.5) is 4.79 Å². The summed E-state index contributed by atoms with van der Waals surface area (Å²) in [5, 5.41) is 5.41. The van der Waals surface area contributed by atoms with Gasteiger partial charge in [-0.15, -0.1) is 0 Å². The van der Waals surface area contributed by atoms with Gasteiger partial charge >= 0.3 is 6.03 Å². The molecule has 1 aromatic carbocycles. The lowest BCUT2D eigenvalue weighted by molar-refractivity contribution is -0.123. The van der Waals surface area contributed by atoms with Crippen LogP contribution in [-0.4, -0.2) is 43.3 Å². The molecule has 138 valence electrons. The summed E-state index contributed by atoms with van der Waals surface area (Å²) in [6.45, 7) is 4.71. The van der Waals surface area contributed by atoms with Gasteiger partial charge in [-0.1, -0.05) is 19.9 Å². The van der Waals surface area contributed by atoms with Crippen molar-refractivity contribution in [3.63, 3.8) is 0 Å².